The van der Waals surface area contributed by atoms with Crippen LogP contribution in [0.3, 0.4) is 0 Å². The van der Waals surface area contributed by atoms with E-state index in [2.05, 4.69) is 75.4 Å². The molecule has 0 saturated heterocycles. The summed E-state index contributed by atoms with van der Waals surface area (Å²) in [6, 6.07) is 25.2. The molecule has 0 fully saturated rings. The average molecular weight is 487 g/mol. The van der Waals surface area contributed by atoms with E-state index < -0.39 is 6.10 Å². The third-order valence-corrected chi connectivity index (χ3v) is 6.15. The fourth-order valence-electron chi connectivity index (χ4n) is 3.95. The van der Waals surface area contributed by atoms with Crippen molar-refractivity contribution in [2.75, 3.05) is 19.8 Å². The Morgan fingerprint density at radius 3 is 2.00 bits per heavy atom. The molecule has 0 aliphatic rings. The van der Waals surface area contributed by atoms with Crippen LogP contribution in [0.4, 0.5) is 0 Å². The zero-order valence-corrected chi connectivity index (χ0v) is 22.1. The number of carbonyl (C=O) groups excluding carboxylic acids is 1. The van der Waals surface area contributed by atoms with Crippen molar-refractivity contribution in [2.45, 2.75) is 53.1 Å². The lowest BCUT2D eigenvalue weighted by Gasteiger charge is -2.15. The van der Waals surface area contributed by atoms with Gasteiger partial charge < -0.3 is 14.2 Å². The van der Waals surface area contributed by atoms with Crippen LogP contribution < -0.4 is 4.74 Å². The Kier molecular flexibility index (Phi) is 10.3. The van der Waals surface area contributed by atoms with E-state index in [0.717, 1.165) is 11.3 Å². The summed E-state index contributed by atoms with van der Waals surface area (Å²) in [5.74, 6) is 1.00. The number of hydrogen-bond acceptors (Lipinski definition) is 4. The van der Waals surface area contributed by atoms with Crippen LogP contribution in [0.15, 0.2) is 78.9 Å². The van der Waals surface area contributed by atoms with Crippen LogP contribution >= 0.6 is 0 Å². The van der Waals surface area contributed by atoms with E-state index in [0.29, 0.717) is 32.2 Å². The highest BCUT2D eigenvalue weighted by Crippen LogP contribution is 2.25. The van der Waals surface area contributed by atoms with Crippen molar-refractivity contribution in [2.24, 2.45) is 0 Å². The second-order valence-electron chi connectivity index (χ2n) is 9.10. The number of benzene rings is 3. The van der Waals surface area contributed by atoms with Crippen molar-refractivity contribution < 1.29 is 19.0 Å². The number of esters is 1. The Hall–Kier alpha value is -3.37. The molecule has 0 unspecified atom stereocenters. The zero-order valence-electron chi connectivity index (χ0n) is 22.1. The van der Waals surface area contributed by atoms with Crippen LogP contribution in [0.5, 0.6) is 5.75 Å². The highest BCUT2D eigenvalue weighted by molar-refractivity contribution is 5.75. The predicted octanol–water partition coefficient (Wildman–Crippen LogP) is 7.47. The van der Waals surface area contributed by atoms with Crippen LogP contribution in [0.2, 0.25) is 0 Å². The molecule has 3 rings (SSSR count). The number of rotatable bonds is 12. The Morgan fingerprint density at radius 1 is 0.833 bits per heavy atom. The molecule has 4 heteroatoms. The van der Waals surface area contributed by atoms with E-state index in [1.165, 1.54) is 27.8 Å². The maximum absolute atomic E-state index is 12.1. The molecule has 0 radical (unpaired) electrons. The maximum atomic E-state index is 12.1. The molecule has 3 aromatic carbocycles. The molecular formula is C32H38O4. The van der Waals surface area contributed by atoms with E-state index in [1.54, 1.807) is 6.92 Å². The number of ether oxygens (including phenoxy) is 3. The van der Waals surface area contributed by atoms with Gasteiger partial charge in [0.2, 0.25) is 0 Å². The molecule has 0 saturated carbocycles. The minimum absolute atomic E-state index is 0.322. The molecular weight excluding hydrogens is 448 g/mol. The van der Waals surface area contributed by atoms with Crippen LogP contribution in [0.1, 0.15) is 57.2 Å². The third-order valence-electron chi connectivity index (χ3n) is 6.15. The lowest BCUT2D eigenvalue weighted by atomic mass is 9.97. The standard InChI is InChI=1S/C32H38O4/c1-6-34-31(32(33)35-7-2)22-25-8-18-30(19-9-25)36-21-20-24(5)27-12-16-29(17-13-27)28-14-10-26(11-15-28)23(3)4/h8-20,23,31H,6-7,21-22H2,1-5H3/b24-20+/t31-/m0/s1. The molecule has 0 N–H and O–H groups in total. The quantitative estimate of drug-likeness (QED) is 0.249. The molecule has 3 aromatic rings. The normalized spacial score (nSPS) is 12.4. The summed E-state index contributed by atoms with van der Waals surface area (Å²) >= 11 is 0. The Morgan fingerprint density at radius 2 is 1.44 bits per heavy atom. The van der Waals surface area contributed by atoms with Crippen LogP contribution in [-0.2, 0) is 20.7 Å². The van der Waals surface area contributed by atoms with Gasteiger partial charge in [0.05, 0.1) is 6.61 Å². The zero-order chi connectivity index (χ0) is 25.9. The van der Waals surface area contributed by atoms with Gasteiger partial charge in [-0.15, -0.1) is 0 Å². The van der Waals surface area contributed by atoms with E-state index in [9.17, 15) is 4.79 Å². The summed E-state index contributed by atoms with van der Waals surface area (Å²) in [5, 5.41) is 0. The minimum Gasteiger partial charge on any atom is -0.490 e. The van der Waals surface area contributed by atoms with Crippen molar-refractivity contribution in [3.8, 4) is 16.9 Å². The topological polar surface area (TPSA) is 44.8 Å². The van der Waals surface area contributed by atoms with Gasteiger partial charge in [-0.1, -0.05) is 74.5 Å². The van der Waals surface area contributed by atoms with E-state index in [4.69, 9.17) is 14.2 Å². The number of allylic oxidation sites excluding steroid dienone is 1. The predicted molar refractivity (Wildman–Crippen MR) is 147 cm³/mol. The molecule has 0 amide bonds. The van der Waals surface area contributed by atoms with Gasteiger partial charge in [-0.25, -0.2) is 4.79 Å². The summed E-state index contributed by atoms with van der Waals surface area (Å²) in [5.41, 5.74) is 7.15. The van der Waals surface area contributed by atoms with Gasteiger partial charge in [-0.3, -0.25) is 0 Å². The first-order valence-corrected chi connectivity index (χ1v) is 12.8. The van der Waals surface area contributed by atoms with Gasteiger partial charge in [-0.2, -0.15) is 0 Å². The molecule has 0 aliphatic heterocycles. The summed E-state index contributed by atoms with van der Waals surface area (Å²) in [4.78, 5) is 12.1. The van der Waals surface area contributed by atoms with Gasteiger partial charge in [-0.05, 0) is 78.3 Å². The van der Waals surface area contributed by atoms with Crippen LogP contribution in [0, 0.1) is 0 Å². The summed E-state index contributed by atoms with van der Waals surface area (Å²) in [6.07, 6.45) is 1.98. The lowest BCUT2D eigenvalue weighted by Crippen LogP contribution is -2.28. The smallest absolute Gasteiger partial charge is 0.335 e. The first-order valence-electron chi connectivity index (χ1n) is 12.8. The molecule has 0 aliphatic carbocycles. The highest BCUT2D eigenvalue weighted by Gasteiger charge is 2.20. The second kappa shape index (κ2) is 13.6. The van der Waals surface area contributed by atoms with E-state index in [1.807, 2.05) is 31.2 Å². The fraction of sp³-hybridized carbons (Fsp3) is 0.344. The molecule has 0 heterocycles. The summed E-state index contributed by atoms with van der Waals surface area (Å²) in [7, 11) is 0. The van der Waals surface area contributed by atoms with Gasteiger partial charge in [0.15, 0.2) is 6.10 Å². The van der Waals surface area contributed by atoms with Crippen molar-refractivity contribution in [3.63, 3.8) is 0 Å². The molecule has 0 bridgehead atoms. The highest BCUT2D eigenvalue weighted by atomic mass is 16.6. The monoisotopic (exact) mass is 486 g/mol. The average Bonchev–Trinajstić information content (AvgIpc) is 2.89. The van der Waals surface area contributed by atoms with Gasteiger partial charge in [0, 0.05) is 13.0 Å². The van der Waals surface area contributed by atoms with Gasteiger partial charge >= 0.3 is 5.97 Å². The first-order chi connectivity index (χ1) is 17.4. The molecule has 190 valence electrons. The van der Waals surface area contributed by atoms with Crippen LogP contribution in [-0.4, -0.2) is 31.9 Å². The van der Waals surface area contributed by atoms with E-state index >= 15 is 0 Å². The van der Waals surface area contributed by atoms with Crippen molar-refractivity contribution >= 4 is 11.5 Å². The second-order valence-corrected chi connectivity index (χ2v) is 9.10. The maximum Gasteiger partial charge on any atom is 0.335 e. The molecule has 4 nitrogen and oxygen atoms in total. The molecule has 1 atom stereocenters. The minimum atomic E-state index is -0.585. The molecule has 36 heavy (non-hydrogen) atoms. The first kappa shape index (κ1) is 27.2. The van der Waals surface area contributed by atoms with Crippen molar-refractivity contribution in [1.29, 1.82) is 0 Å². The summed E-state index contributed by atoms with van der Waals surface area (Å²) in [6.45, 7) is 11.5. The fourth-order valence-corrected chi connectivity index (χ4v) is 3.95. The van der Waals surface area contributed by atoms with Crippen LogP contribution in [0.25, 0.3) is 16.7 Å². The third kappa shape index (κ3) is 7.82. The number of hydrogen-bond donors (Lipinski definition) is 0. The molecule has 0 spiro atoms. The molecule has 0 aromatic heterocycles. The Balaban J connectivity index is 1.54. The van der Waals surface area contributed by atoms with Gasteiger partial charge in [0.1, 0.15) is 12.4 Å². The van der Waals surface area contributed by atoms with E-state index in [-0.39, 0.29) is 5.97 Å². The Labute approximate surface area is 215 Å². The Bertz CT molecular complexity index is 1110. The van der Waals surface area contributed by atoms with Crippen molar-refractivity contribution in [3.05, 3.63) is 95.6 Å². The SMILES string of the molecule is CCOC(=O)[C@H](Cc1ccc(OC/C=C(\C)c2ccc(-c3ccc(C(C)C)cc3)cc2)cc1)OCC. The lowest BCUT2D eigenvalue weighted by molar-refractivity contribution is -0.156. The number of carbonyl (C=O) groups is 1. The summed E-state index contributed by atoms with van der Waals surface area (Å²) < 4.78 is 16.6. The largest absolute Gasteiger partial charge is 0.490 e. The van der Waals surface area contributed by atoms with Crippen molar-refractivity contribution in [1.82, 2.24) is 0 Å². The van der Waals surface area contributed by atoms with Gasteiger partial charge in [0.25, 0.3) is 0 Å².